The van der Waals surface area contributed by atoms with Gasteiger partial charge in [0, 0.05) is 36.7 Å². The third-order valence-corrected chi connectivity index (χ3v) is 4.45. The van der Waals surface area contributed by atoms with Gasteiger partial charge in [0.15, 0.2) is 0 Å². The van der Waals surface area contributed by atoms with Crippen molar-refractivity contribution in [3.63, 3.8) is 0 Å². The summed E-state index contributed by atoms with van der Waals surface area (Å²) in [5, 5.41) is 6.18. The van der Waals surface area contributed by atoms with Crippen molar-refractivity contribution < 1.29 is 9.59 Å². The maximum absolute atomic E-state index is 12.6. The van der Waals surface area contributed by atoms with Gasteiger partial charge in [-0.2, -0.15) is 0 Å². The molecule has 1 unspecified atom stereocenters. The number of likely N-dealkylation sites (N-methyl/N-ethyl adjacent to an activating group) is 1. The van der Waals surface area contributed by atoms with Crippen LogP contribution in [0.15, 0.2) is 24.3 Å². The predicted octanol–water partition coefficient (Wildman–Crippen LogP) is 2.59. The lowest BCUT2D eigenvalue weighted by Gasteiger charge is -2.32. The van der Waals surface area contributed by atoms with Crippen molar-refractivity contribution in [2.24, 2.45) is 5.41 Å². The van der Waals surface area contributed by atoms with E-state index in [-0.39, 0.29) is 24.2 Å². The molecule has 1 aromatic rings. The normalized spacial score (nSPS) is 17.6. The standard InChI is InChI=1S/C19H29N3O2.ClH/c1-19(2,3)18(24)21-12-14-7-9-15(10-8-14)17(23)22-11-5-6-16(13-22)20-4;/h7-10,16,20H,5-6,11-13H2,1-4H3,(H,21,24);1H. The van der Waals surface area contributed by atoms with Gasteiger partial charge >= 0.3 is 0 Å². The minimum Gasteiger partial charge on any atom is -0.352 e. The lowest BCUT2D eigenvalue weighted by atomic mass is 9.95. The molecule has 1 aliphatic heterocycles. The molecule has 1 heterocycles. The van der Waals surface area contributed by atoms with Gasteiger partial charge < -0.3 is 15.5 Å². The van der Waals surface area contributed by atoms with E-state index in [1.54, 1.807) is 0 Å². The van der Waals surface area contributed by atoms with Gasteiger partial charge in [-0.1, -0.05) is 32.9 Å². The van der Waals surface area contributed by atoms with Gasteiger partial charge in [0.2, 0.25) is 5.91 Å². The number of benzene rings is 1. The zero-order chi connectivity index (χ0) is 17.7. The molecule has 1 atom stereocenters. The minimum atomic E-state index is -0.395. The lowest BCUT2D eigenvalue weighted by molar-refractivity contribution is -0.128. The third-order valence-electron chi connectivity index (χ3n) is 4.45. The molecule has 2 rings (SSSR count). The summed E-state index contributed by atoms with van der Waals surface area (Å²) in [6.07, 6.45) is 2.15. The SMILES string of the molecule is CNC1CCCN(C(=O)c2ccc(CNC(=O)C(C)(C)C)cc2)C1.Cl. The van der Waals surface area contributed by atoms with Crippen molar-refractivity contribution in [2.75, 3.05) is 20.1 Å². The van der Waals surface area contributed by atoms with Crippen molar-refractivity contribution >= 4 is 24.2 Å². The van der Waals surface area contributed by atoms with Gasteiger partial charge in [-0.15, -0.1) is 12.4 Å². The highest BCUT2D eigenvalue weighted by molar-refractivity contribution is 5.94. The summed E-state index contributed by atoms with van der Waals surface area (Å²) in [5.74, 6) is 0.106. The average Bonchev–Trinajstić information content (AvgIpc) is 2.58. The zero-order valence-electron chi connectivity index (χ0n) is 15.6. The molecule has 2 N–H and O–H groups in total. The molecule has 0 aromatic heterocycles. The number of rotatable bonds is 4. The first-order valence-corrected chi connectivity index (χ1v) is 8.65. The second-order valence-corrected chi connectivity index (χ2v) is 7.51. The van der Waals surface area contributed by atoms with E-state index in [0.717, 1.165) is 31.5 Å². The molecule has 5 nitrogen and oxygen atoms in total. The number of amides is 2. The van der Waals surface area contributed by atoms with E-state index < -0.39 is 5.41 Å². The zero-order valence-corrected chi connectivity index (χ0v) is 16.4. The fourth-order valence-electron chi connectivity index (χ4n) is 2.79. The van der Waals surface area contributed by atoms with Crippen LogP contribution in [-0.2, 0) is 11.3 Å². The van der Waals surface area contributed by atoms with E-state index in [1.165, 1.54) is 0 Å². The van der Waals surface area contributed by atoms with Crippen LogP contribution in [0.5, 0.6) is 0 Å². The number of hydrogen-bond donors (Lipinski definition) is 2. The third kappa shape index (κ3) is 6.01. The molecule has 2 amide bonds. The van der Waals surface area contributed by atoms with Gasteiger partial charge in [-0.3, -0.25) is 9.59 Å². The minimum absolute atomic E-state index is 0. The number of nitrogens with one attached hydrogen (secondary N) is 2. The number of piperidine rings is 1. The van der Waals surface area contributed by atoms with Crippen LogP contribution in [0.4, 0.5) is 0 Å². The highest BCUT2D eigenvalue weighted by Gasteiger charge is 2.23. The van der Waals surface area contributed by atoms with Crippen LogP contribution in [0.2, 0.25) is 0 Å². The molecule has 0 saturated carbocycles. The molecule has 1 aromatic carbocycles. The van der Waals surface area contributed by atoms with Crippen LogP contribution < -0.4 is 10.6 Å². The number of hydrogen-bond acceptors (Lipinski definition) is 3. The average molecular weight is 368 g/mol. The van der Waals surface area contributed by atoms with E-state index >= 15 is 0 Å². The first-order valence-electron chi connectivity index (χ1n) is 8.65. The Bertz CT molecular complexity index is 581. The molecule has 1 saturated heterocycles. The number of carbonyl (C=O) groups excluding carboxylic acids is 2. The Labute approximate surface area is 157 Å². The molecule has 25 heavy (non-hydrogen) atoms. The fourth-order valence-corrected chi connectivity index (χ4v) is 2.79. The topological polar surface area (TPSA) is 61.4 Å². The predicted molar refractivity (Wildman–Crippen MR) is 103 cm³/mol. The monoisotopic (exact) mass is 367 g/mol. The summed E-state index contributed by atoms with van der Waals surface area (Å²) in [7, 11) is 1.94. The Morgan fingerprint density at radius 1 is 1.20 bits per heavy atom. The molecular weight excluding hydrogens is 338 g/mol. The Morgan fingerprint density at radius 2 is 1.84 bits per heavy atom. The number of halogens is 1. The molecule has 0 radical (unpaired) electrons. The van der Waals surface area contributed by atoms with Gasteiger partial charge in [0.1, 0.15) is 0 Å². The van der Waals surface area contributed by atoms with Crippen molar-refractivity contribution in [3.8, 4) is 0 Å². The summed E-state index contributed by atoms with van der Waals surface area (Å²) in [6, 6.07) is 7.91. The highest BCUT2D eigenvalue weighted by atomic mass is 35.5. The first kappa shape index (κ1) is 21.5. The van der Waals surface area contributed by atoms with E-state index in [2.05, 4.69) is 10.6 Å². The Balaban J connectivity index is 0.00000312. The van der Waals surface area contributed by atoms with Gasteiger partial charge in [-0.25, -0.2) is 0 Å². The number of likely N-dealkylation sites (tertiary alicyclic amines) is 1. The molecule has 6 heteroatoms. The van der Waals surface area contributed by atoms with Crippen LogP contribution in [0.1, 0.15) is 49.5 Å². The Kier molecular flexibility index (Phi) is 7.90. The summed E-state index contributed by atoms with van der Waals surface area (Å²) in [6.45, 7) is 7.73. The molecule has 1 fully saturated rings. The van der Waals surface area contributed by atoms with Gasteiger partial charge in [0.25, 0.3) is 5.91 Å². The Morgan fingerprint density at radius 3 is 2.40 bits per heavy atom. The van der Waals surface area contributed by atoms with Crippen LogP contribution >= 0.6 is 12.4 Å². The summed E-state index contributed by atoms with van der Waals surface area (Å²) in [5.41, 5.74) is 1.31. The van der Waals surface area contributed by atoms with Gasteiger partial charge in [0.05, 0.1) is 0 Å². The Hall–Kier alpha value is -1.59. The van der Waals surface area contributed by atoms with Crippen LogP contribution in [0, 0.1) is 5.41 Å². The van der Waals surface area contributed by atoms with Crippen molar-refractivity contribution in [2.45, 2.75) is 46.2 Å². The smallest absolute Gasteiger partial charge is 0.253 e. The number of carbonyl (C=O) groups is 2. The molecule has 0 bridgehead atoms. The van der Waals surface area contributed by atoms with E-state index in [9.17, 15) is 9.59 Å². The molecule has 1 aliphatic rings. The maximum atomic E-state index is 12.6. The molecule has 140 valence electrons. The fraction of sp³-hybridized carbons (Fsp3) is 0.579. The highest BCUT2D eigenvalue weighted by Crippen LogP contribution is 2.15. The summed E-state index contributed by atoms with van der Waals surface area (Å²) >= 11 is 0. The first-order chi connectivity index (χ1) is 11.3. The summed E-state index contributed by atoms with van der Waals surface area (Å²) in [4.78, 5) is 26.4. The second-order valence-electron chi connectivity index (χ2n) is 7.51. The van der Waals surface area contributed by atoms with Crippen LogP contribution in [0.3, 0.4) is 0 Å². The number of nitrogens with zero attached hydrogens (tertiary/aromatic N) is 1. The van der Waals surface area contributed by atoms with E-state index in [1.807, 2.05) is 57.0 Å². The molecule has 0 spiro atoms. The second kappa shape index (κ2) is 9.20. The maximum Gasteiger partial charge on any atom is 0.253 e. The lowest BCUT2D eigenvalue weighted by Crippen LogP contribution is -2.46. The van der Waals surface area contributed by atoms with E-state index in [0.29, 0.717) is 18.2 Å². The van der Waals surface area contributed by atoms with E-state index in [4.69, 9.17) is 0 Å². The molecule has 0 aliphatic carbocycles. The van der Waals surface area contributed by atoms with Crippen LogP contribution in [-0.4, -0.2) is 42.9 Å². The van der Waals surface area contributed by atoms with Crippen molar-refractivity contribution in [1.82, 2.24) is 15.5 Å². The molecular formula is C19H30ClN3O2. The van der Waals surface area contributed by atoms with Gasteiger partial charge in [-0.05, 0) is 37.6 Å². The quantitative estimate of drug-likeness (QED) is 0.859. The van der Waals surface area contributed by atoms with Crippen molar-refractivity contribution in [3.05, 3.63) is 35.4 Å². The van der Waals surface area contributed by atoms with Crippen LogP contribution in [0.25, 0.3) is 0 Å². The van der Waals surface area contributed by atoms with Crippen molar-refractivity contribution in [1.29, 1.82) is 0 Å². The largest absolute Gasteiger partial charge is 0.352 e. The summed E-state index contributed by atoms with van der Waals surface area (Å²) < 4.78 is 0.